The molecule has 4 rings (SSSR count). The van der Waals surface area contributed by atoms with Crippen molar-refractivity contribution in [2.75, 3.05) is 11.5 Å². The zero-order chi connectivity index (χ0) is 11.9. The van der Waals surface area contributed by atoms with E-state index in [4.69, 9.17) is 0 Å². The first-order valence-corrected chi connectivity index (χ1v) is 7.01. The van der Waals surface area contributed by atoms with Crippen LogP contribution in [0.15, 0.2) is 30.3 Å². The number of amides is 1. The van der Waals surface area contributed by atoms with Crippen molar-refractivity contribution >= 4 is 17.9 Å². The third-order valence-electron chi connectivity index (χ3n) is 3.75. The van der Waals surface area contributed by atoms with Gasteiger partial charge in [-0.15, -0.1) is 0 Å². The summed E-state index contributed by atoms with van der Waals surface area (Å²) < 4.78 is 0. The molecule has 1 aromatic rings. The minimum Gasteiger partial charge on any atom is -0.465 e. The van der Waals surface area contributed by atoms with Crippen molar-refractivity contribution in [2.45, 2.75) is 24.4 Å². The van der Waals surface area contributed by atoms with E-state index in [-0.39, 0.29) is 11.6 Å². The number of thioether (sulfide) groups is 1. The molecule has 1 N–H and O–H groups in total. The number of hydrogen-bond donors (Lipinski definition) is 1. The molecular formula is C13H15NO2S. The van der Waals surface area contributed by atoms with Gasteiger partial charge in [0.2, 0.25) is 0 Å². The molecule has 90 valence electrons. The zero-order valence-corrected chi connectivity index (χ0v) is 10.3. The van der Waals surface area contributed by atoms with Gasteiger partial charge in [0.25, 0.3) is 0 Å². The Hall–Kier alpha value is -1.16. The van der Waals surface area contributed by atoms with Gasteiger partial charge in [-0.05, 0) is 18.4 Å². The van der Waals surface area contributed by atoms with E-state index in [1.54, 1.807) is 4.90 Å². The van der Waals surface area contributed by atoms with E-state index in [0.29, 0.717) is 0 Å². The summed E-state index contributed by atoms with van der Waals surface area (Å²) in [5.74, 6) is 1.90. The lowest BCUT2D eigenvalue weighted by atomic mass is 9.76. The third-order valence-corrected chi connectivity index (χ3v) is 5.12. The summed E-state index contributed by atoms with van der Waals surface area (Å²) in [6.07, 6.45) is 1.13. The highest BCUT2D eigenvalue weighted by Gasteiger charge is 2.56. The van der Waals surface area contributed by atoms with Gasteiger partial charge in [0.05, 0.1) is 5.54 Å². The summed E-state index contributed by atoms with van der Waals surface area (Å²) >= 11 is 1.89. The lowest BCUT2D eigenvalue weighted by Gasteiger charge is -2.60. The Morgan fingerprint density at radius 1 is 1.47 bits per heavy atom. The van der Waals surface area contributed by atoms with E-state index in [0.717, 1.165) is 24.3 Å². The molecule has 3 aliphatic heterocycles. The molecule has 0 aliphatic carbocycles. The van der Waals surface area contributed by atoms with E-state index in [1.165, 1.54) is 5.56 Å². The molecule has 3 fully saturated rings. The van der Waals surface area contributed by atoms with Crippen LogP contribution in [-0.2, 0) is 6.42 Å². The van der Waals surface area contributed by atoms with Crippen LogP contribution in [0.5, 0.6) is 0 Å². The molecule has 3 saturated heterocycles. The molecule has 0 unspecified atom stereocenters. The Balaban J connectivity index is 1.83. The fourth-order valence-corrected chi connectivity index (χ4v) is 4.49. The molecule has 3 heterocycles. The van der Waals surface area contributed by atoms with Crippen molar-refractivity contribution in [3.63, 3.8) is 0 Å². The van der Waals surface area contributed by atoms with Gasteiger partial charge in [-0.1, -0.05) is 30.3 Å². The third kappa shape index (κ3) is 1.71. The van der Waals surface area contributed by atoms with Gasteiger partial charge < -0.3 is 5.11 Å². The molecule has 1 aromatic carbocycles. The number of benzene rings is 1. The van der Waals surface area contributed by atoms with E-state index < -0.39 is 6.09 Å². The van der Waals surface area contributed by atoms with Crippen molar-refractivity contribution in [3.05, 3.63) is 35.9 Å². The summed E-state index contributed by atoms with van der Waals surface area (Å²) in [7, 11) is 0. The first kappa shape index (κ1) is 11.0. The number of nitrogens with zero attached hydrogens (tertiary/aromatic N) is 1. The van der Waals surface area contributed by atoms with E-state index in [1.807, 2.05) is 30.0 Å². The molecule has 1 amide bonds. The Morgan fingerprint density at radius 3 is 2.88 bits per heavy atom. The minimum atomic E-state index is -0.752. The standard InChI is InChI=1S/C13H15NO2S/c15-12(16)14-11-7-13(14,9-17-8-11)6-10-4-2-1-3-5-10/h1-5,11H,6-9H2,(H,15,16)/t11-,13+/m0/s1. The topological polar surface area (TPSA) is 40.5 Å². The zero-order valence-electron chi connectivity index (χ0n) is 9.50. The molecule has 2 atom stereocenters. The van der Waals surface area contributed by atoms with Gasteiger partial charge in [0.15, 0.2) is 0 Å². The molecule has 17 heavy (non-hydrogen) atoms. The largest absolute Gasteiger partial charge is 0.465 e. The summed E-state index contributed by atoms with van der Waals surface area (Å²) in [5, 5.41) is 9.30. The molecule has 2 bridgehead atoms. The molecule has 0 radical (unpaired) electrons. The Labute approximate surface area is 105 Å². The Kier molecular flexibility index (Phi) is 2.54. The van der Waals surface area contributed by atoms with Crippen LogP contribution >= 0.6 is 11.8 Å². The summed E-state index contributed by atoms with van der Waals surface area (Å²) in [6, 6.07) is 10.4. The van der Waals surface area contributed by atoms with Crippen molar-refractivity contribution in [2.24, 2.45) is 0 Å². The summed E-state index contributed by atoms with van der Waals surface area (Å²) in [6.45, 7) is 0. The van der Waals surface area contributed by atoms with Gasteiger partial charge in [-0.25, -0.2) is 4.79 Å². The highest BCUT2D eigenvalue weighted by Crippen LogP contribution is 2.47. The van der Waals surface area contributed by atoms with E-state index >= 15 is 0 Å². The average molecular weight is 249 g/mol. The number of carbonyl (C=O) groups is 1. The van der Waals surface area contributed by atoms with Crippen LogP contribution in [0.25, 0.3) is 0 Å². The molecule has 3 aliphatic rings. The Bertz CT molecular complexity index is 432. The number of hydrogen-bond acceptors (Lipinski definition) is 2. The first-order chi connectivity index (χ1) is 8.21. The van der Waals surface area contributed by atoms with Gasteiger partial charge >= 0.3 is 6.09 Å². The van der Waals surface area contributed by atoms with E-state index in [9.17, 15) is 9.90 Å². The van der Waals surface area contributed by atoms with Crippen LogP contribution in [0.1, 0.15) is 12.0 Å². The molecule has 0 saturated carbocycles. The van der Waals surface area contributed by atoms with Crippen molar-refractivity contribution in [3.8, 4) is 0 Å². The van der Waals surface area contributed by atoms with Crippen LogP contribution in [0, 0.1) is 0 Å². The quantitative estimate of drug-likeness (QED) is 0.875. The van der Waals surface area contributed by atoms with Crippen molar-refractivity contribution in [1.29, 1.82) is 0 Å². The molecule has 4 heteroatoms. The second-order valence-corrected chi connectivity index (χ2v) is 5.94. The maximum absolute atomic E-state index is 11.3. The summed E-state index contributed by atoms with van der Waals surface area (Å²) in [5.41, 5.74) is 1.10. The van der Waals surface area contributed by atoms with Crippen molar-refractivity contribution < 1.29 is 9.90 Å². The lowest BCUT2D eigenvalue weighted by Crippen LogP contribution is -2.73. The highest BCUT2D eigenvalue weighted by atomic mass is 32.2. The fourth-order valence-electron chi connectivity index (χ4n) is 3.09. The smallest absolute Gasteiger partial charge is 0.408 e. The fraction of sp³-hybridized carbons (Fsp3) is 0.462. The van der Waals surface area contributed by atoms with Crippen molar-refractivity contribution in [1.82, 2.24) is 4.90 Å². The molecule has 0 spiro atoms. The molecular weight excluding hydrogens is 234 g/mol. The molecule has 3 nitrogen and oxygen atoms in total. The van der Waals surface area contributed by atoms with Gasteiger partial charge in [-0.3, -0.25) is 4.90 Å². The van der Waals surface area contributed by atoms with Gasteiger partial charge in [0.1, 0.15) is 0 Å². The monoisotopic (exact) mass is 249 g/mol. The van der Waals surface area contributed by atoms with Crippen LogP contribution in [0.3, 0.4) is 0 Å². The normalized spacial score (nSPS) is 30.8. The first-order valence-electron chi connectivity index (χ1n) is 5.85. The predicted octanol–water partition coefficient (Wildman–Crippen LogP) is 2.47. The second kappa shape index (κ2) is 3.95. The predicted molar refractivity (Wildman–Crippen MR) is 68.5 cm³/mol. The van der Waals surface area contributed by atoms with Crippen LogP contribution in [0.4, 0.5) is 4.79 Å². The van der Waals surface area contributed by atoms with E-state index in [2.05, 4.69) is 12.1 Å². The van der Waals surface area contributed by atoms with Crippen LogP contribution < -0.4 is 0 Å². The van der Waals surface area contributed by atoms with Gasteiger partial charge in [-0.2, -0.15) is 11.8 Å². The maximum Gasteiger partial charge on any atom is 0.408 e. The van der Waals surface area contributed by atoms with Crippen LogP contribution in [-0.4, -0.2) is 39.2 Å². The maximum atomic E-state index is 11.3. The second-order valence-electron chi connectivity index (χ2n) is 4.91. The number of fused-ring (bicyclic) bond motifs is 2. The molecule has 0 aromatic heterocycles. The highest BCUT2D eigenvalue weighted by molar-refractivity contribution is 7.99. The lowest BCUT2D eigenvalue weighted by molar-refractivity contribution is -0.0327. The van der Waals surface area contributed by atoms with Crippen LogP contribution in [0.2, 0.25) is 0 Å². The van der Waals surface area contributed by atoms with Gasteiger partial charge in [0, 0.05) is 17.5 Å². The number of rotatable bonds is 2. The SMILES string of the molecule is O=C(O)N1[C@@H]2CSC[C@@]1(Cc1ccccc1)C2. The minimum absolute atomic E-state index is 0.138. The number of carboxylic acid groups (broad SMARTS) is 1. The summed E-state index contributed by atoms with van der Waals surface area (Å²) in [4.78, 5) is 13.0. The average Bonchev–Trinajstić information content (AvgIpc) is 2.29. The Morgan fingerprint density at radius 2 is 2.24 bits per heavy atom.